The highest BCUT2D eigenvalue weighted by Gasteiger charge is 2.26. The second-order valence-electron chi connectivity index (χ2n) is 5.94. The van der Waals surface area contributed by atoms with Crippen LogP contribution in [0, 0.1) is 0 Å². The zero-order valence-corrected chi connectivity index (χ0v) is 13.8. The Kier molecular flexibility index (Phi) is 5.74. The summed E-state index contributed by atoms with van der Waals surface area (Å²) in [7, 11) is 3.53. The number of pyridine rings is 1. The molecule has 1 aromatic rings. The van der Waals surface area contributed by atoms with Gasteiger partial charge in [0.15, 0.2) is 0 Å². The van der Waals surface area contributed by atoms with E-state index in [9.17, 15) is 4.79 Å². The molecule has 6 heteroatoms. The summed E-state index contributed by atoms with van der Waals surface area (Å²) in [5.41, 5.74) is 1.06. The summed E-state index contributed by atoms with van der Waals surface area (Å²) in [6.45, 7) is 6.41. The van der Waals surface area contributed by atoms with Gasteiger partial charge >= 0.3 is 0 Å². The average Bonchev–Trinajstić information content (AvgIpc) is 2.47. The molecule has 0 aliphatic carbocycles. The fraction of sp³-hybridized carbons (Fsp3) is 0.625. The van der Waals surface area contributed by atoms with Gasteiger partial charge in [0.25, 0.3) is 0 Å². The smallest absolute Gasteiger partial charge is 0.236 e. The van der Waals surface area contributed by atoms with Gasteiger partial charge < -0.3 is 14.4 Å². The van der Waals surface area contributed by atoms with E-state index in [-0.39, 0.29) is 18.1 Å². The highest BCUT2D eigenvalue weighted by molar-refractivity contribution is 5.78. The minimum absolute atomic E-state index is 0.101. The third kappa shape index (κ3) is 4.68. The number of carbonyl (C=O) groups is 1. The molecule has 0 N–H and O–H groups in total. The molecule has 0 radical (unpaired) electrons. The van der Waals surface area contributed by atoms with E-state index >= 15 is 0 Å². The van der Waals surface area contributed by atoms with E-state index in [1.54, 1.807) is 13.3 Å². The Bertz CT molecular complexity index is 482. The van der Waals surface area contributed by atoms with Gasteiger partial charge in [0.05, 0.1) is 25.9 Å². The normalized spacial score (nSPS) is 22.0. The average molecular weight is 307 g/mol. The predicted octanol–water partition coefficient (Wildman–Crippen LogP) is 1.16. The number of amides is 1. The molecule has 1 aliphatic rings. The molecular formula is C16H25N3O3. The molecule has 2 heterocycles. The lowest BCUT2D eigenvalue weighted by molar-refractivity contribution is -0.144. The van der Waals surface area contributed by atoms with Crippen molar-refractivity contribution in [2.24, 2.45) is 0 Å². The van der Waals surface area contributed by atoms with E-state index in [2.05, 4.69) is 4.98 Å². The second kappa shape index (κ2) is 7.56. The maximum Gasteiger partial charge on any atom is 0.236 e. The fourth-order valence-electron chi connectivity index (χ4n) is 2.71. The first-order valence-electron chi connectivity index (χ1n) is 7.58. The number of carbonyl (C=O) groups excluding carboxylic acids is 1. The largest absolute Gasteiger partial charge is 0.481 e. The Hall–Kier alpha value is -1.66. The molecule has 2 unspecified atom stereocenters. The van der Waals surface area contributed by atoms with Crippen LogP contribution in [0.2, 0.25) is 0 Å². The van der Waals surface area contributed by atoms with Gasteiger partial charge in [0.2, 0.25) is 11.8 Å². The summed E-state index contributed by atoms with van der Waals surface area (Å²) in [6, 6.07) is 3.79. The van der Waals surface area contributed by atoms with E-state index in [0.717, 1.165) is 5.56 Å². The molecule has 22 heavy (non-hydrogen) atoms. The van der Waals surface area contributed by atoms with Crippen LogP contribution in [0.15, 0.2) is 18.3 Å². The van der Waals surface area contributed by atoms with Gasteiger partial charge in [-0.2, -0.15) is 0 Å². The van der Waals surface area contributed by atoms with Crippen molar-refractivity contribution in [3.05, 3.63) is 23.9 Å². The van der Waals surface area contributed by atoms with Gasteiger partial charge in [-0.25, -0.2) is 4.98 Å². The van der Waals surface area contributed by atoms with E-state index in [1.807, 2.05) is 42.8 Å². The van der Waals surface area contributed by atoms with Crippen molar-refractivity contribution in [1.29, 1.82) is 0 Å². The molecule has 0 spiro atoms. The van der Waals surface area contributed by atoms with Crippen LogP contribution < -0.4 is 4.74 Å². The van der Waals surface area contributed by atoms with Crippen LogP contribution in [0.25, 0.3) is 0 Å². The van der Waals surface area contributed by atoms with E-state index < -0.39 is 0 Å². The van der Waals surface area contributed by atoms with Crippen LogP contribution in [-0.4, -0.2) is 66.7 Å². The zero-order valence-electron chi connectivity index (χ0n) is 13.8. The standard InChI is InChI=1S/C16H25N3O3/c1-12-8-19(9-13(2)22-12)16(20)11-18(3)10-14-5-6-15(21-4)17-7-14/h5-7,12-13H,8-11H2,1-4H3. The molecule has 0 bridgehead atoms. The summed E-state index contributed by atoms with van der Waals surface area (Å²) in [6.07, 6.45) is 1.98. The molecule has 0 aromatic carbocycles. The number of ether oxygens (including phenoxy) is 2. The van der Waals surface area contributed by atoms with Crippen molar-refractivity contribution < 1.29 is 14.3 Å². The molecule has 2 rings (SSSR count). The number of morpholine rings is 1. The van der Waals surface area contributed by atoms with E-state index in [1.165, 1.54) is 0 Å². The lowest BCUT2D eigenvalue weighted by Crippen LogP contribution is -2.50. The molecule has 1 fully saturated rings. The minimum Gasteiger partial charge on any atom is -0.481 e. The Morgan fingerprint density at radius 1 is 1.41 bits per heavy atom. The number of nitrogens with zero attached hydrogens (tertiary/aromatic N) is 3. The van der Waals surface area contributed by atoms with Gasteiger partial charge in [-0.05, 0) is 26.5 Å². The number of methoxy groups -OCH3 is 1. The monoisotopic (exact) mass is 307 g/mol. The van der Waals surface area contributed by atoms with Crippen LogP contribution in [0.1, 0.15) is 19.4 Å². The molecule has 1 amide bonds. The van der Waals surface area contributed by atoms with Crippen LogP contribution in [-0.2, 0) is 16.1 Å². The highest BCUT2D eigenvalue weighted by Crippen LogP contribution is 2.12. The molecule has 122 valence electrons. The van der Waals surface area contributed by atoms with Gasteiger partial charge in [0, 0.05) is 31.9 Å². The molecule has 1 saturated heterocycles. The number of hydrogen-bond donors (Lipinski definition) is 0. The number of likely N-dealkylation sites (N-methyl/N-ethyl adjacent to an activating group) is 1. The predicted molar refractivity (Wildman–Crippen MR) is 83.7 cm³/mol. The number of hydrogen-bond acceptors (Lipinski definition) is 5. The number of aromatic nitrogens is 1. The molecule has 6 nitrogen and oxygen atoms in total. The van der Waals surface area contributed by atoms with E-state index in [0.29, 0.717) is 32.1 Å². The Morgan fingerprint density at radius 3 is 2.64 bits per heavy atom. The molecule has 1 aliphatic heterocycles. The summed E-state index contributed by atoms with van der Waals surface area (Å²) >= 11 is 0. The zero-order chi connectivity index (χ0) is 16.1. The second-order valence-corrected chi connectivity index (χ2v) is 5.94. The first-order chi connectivity index (χ1) is 10.5. The first-order valence-corrected chi connectivity index (χ1v) is 7.58. The first kappa shape index (κ1) is 16.7. The fourth-order valence-corrected chi connectivity index (χ4v) is 2.71. The van der Waals surface area contributed by atoms with Crippen LogP contribution in [0.4, 0.5) is 0 Å². The van der Waals surface area contributed by atoms with Crippen LogP contribution in [0.5, 0.6) is 5.88 Å². The summed E-state index contributed by atoms with van der Waals surface area (Å²) < 4.78 is 10.7. The van der Waals surface area contributed by atoms with Crippen molar-refractivity contribution in [3.63, 3.8) is 0 Å². The molecule has 2 atom stereocenters. The molecule has 1 aromatic heterocycles. The lowest BCUT2D eigenvalue weighted by Gasteiger charge is -2.36. The van der Waals surface area contributed by atoms with Gasteiger partial charge in [0.1, 0.15) is 0 Å². The third-order valence-electron chi connectivity index (χ3n) is 3.64. The van der Waals surface area contributed by atoms with Gasteiger partial charge in [-0.15, -0.1) is 0 Å². The van der Waals surface area contributed by atoms with Crippen LogP contribution in [0.3, 0.4) is 0 Å². The van der Waals surface area contributed by atoms with Crippen molar-refractivity contribution in [1.82, 2.24) is 14.8 Å². The summed E-state index contributed by atoms with van der Waals surface area (Å²) in [4.78, 5) is 20.4. The minimum atomic E-state index is 0.101. The summed E-state index contributed by atoms with van der Waals surface area (Å²) in [5, 5.41) is 0. The van der Waals surface area contributed by atoms with Crippen molar-refractivity contribution in [2.75, 3.05) is 33.8 Å². The Morgan fingerprint density at radius 2 is 2.09 bits per heavy atom. The lowest BCUT2D eigenvalue weighted by atomic mass is 10.2. The Labute approximate surface area is 132 Å². The quantitative estimate of drug-likeness (QED) is 0.817. The summed E-state index contributed by atoms with van der Waals surface area (Å²) in [5.74, 6) is 0.741. The van der Waals surface area contributed by atoms with Gasteiger partial charge in [-0.3, -0.25) is 9.69 Å². The maximum atomic E-state index is 12.4. The maximum absolute atomic E-state index is 12.4. The number of rotatable bonds is 5. The van der Waals surface area contributed by atoms with Gasteiger partial charge in [-0.1, -0.05) is 6.07 Å². The Balaban J connectivity index is 1.85. The van der Waals surface area contributed by atoms with Crippen LogP contribution >= 0.6 is 0 Å². The topological polar surface area (TPSA) is 54.9 Å². The highest BCUT2D eigenvalue weighted by atomic mass is 16.5. The van der Waals surface area contributed by atoms with Crippen molar-refractivity contribution in [2.45, 2.75) is 32.6 Å². The van der Waals surface area contributed by atoms with E-state index in [4.69, 9.17) is 9.47 Å². The van der Waals surface area contributed by atoms with Crippen molar-refractivity contribution in [3.8, 4) is 5.88 Å². The molecular weight excluding hydrogens is 282 g/mol. The molecule has 0 saturated carbocycles. The SMILES string of the molecule is COc1ccc(CN(C)CC(=O)N2CC(C)OC(C)C2)cn1. The third-order valence-corrected chi connectivity index (χ3v) is 3.64. The van der Waals surface area contributed by atoms with Crippen molar-refractivity contribution >= 4 is 5.91 Å².